The summed E-state index contributed by atoms with van der Waals surface area (Å²) in [6, 6.07) is 8.71. The largest absolute Gasteiger partial charge is 0.337 e. The third-order valence-corrected chi connectivity index (χ3v) is 4.03. The molecular weight excluding hydrogens is 276 g/mol. The SMILES string of the molecule is CC(c1ccc(-n2cncn2)cc1)N(C)Cc1nccn1C. The molecule has 0 fully saturated rings. The topological polar surface area (TPSA) is 51.8 Å². The van der Waals surface area contributed by atoms with Crippen molar-refractivity contribution in [2.24, 2.45) is 7.05 Å². The molecule has 0 amide bonds. The molecule has 0 N–H and O–H groups in total. The van der Waals surface area contributed by atoms with Gasteiger partial charge >= 0.3 is 0 Å². The average Bonchev–Trinajstić information content (AvgIpc) is 3.19. The lowest BCUT2D eigenvalue weighted by atomic mass is 10.1. The number of hydrogen-bond acceptors (Lipinski definition) is 4. The summed E-state index contributed by atoms with van der Waals surface area (Å²) in [6.07, 6.45) is 7.05. The van der Waals surface area contributed by atoms with Crippen molar-refractivity contribution in [1.82, 2.24) is 29.2 Å². The Morgan fingerprint density at radius 3 is 2.59 bits per heavy atom. The van der Waals surface area contributed by atoms with Crippen molar-refractivity contribution < 1.29 is 0 Å². The maximum atomic E-state index is 4.38. The van der Waals surface area contributed by atoms with Crippen LogP contribution in [-0.2, 0) is 13.6 Å². The Labute approximate surface area is 130 Å². The van der Waals surface area contributed by atoms with E-state index >= 15 is 0 Å². The fourth-order valence-corrected chi connectivity index (χ4v) is 2.41. The predicted molar refractivity (Wildman–Crippen MR) is 84.4 cm³/mol. The van der Waals surface area contributed by atoms with E-state index in [9.17, 15) is 0 Å². The van der Waals surface area contributed by atoms with E-state index in [0.29, 0.717) is 6.04 Å². The molecule has 0 spiro atoms. The number of aromatic nitrogens is 5. The number of benzene rings is 1. The second-order valence-electron chi connectivity index (χ2n) is 5.48. The van der Waals surface area contributed by atoms with E-state index in [0.717, 1.165) is 18.1 Å². The minimum absolute atomic E-state index is 0.307. The fourth-order valence-electron chi connectivity index (χ4n) is 2.41. The monoisotopic (exact) mass is 296 g/mol. The Morgan fingerprint density at radius 2 is 2.00 bits per heavy atom. The van der Waals surface area contributed by atoms with Gasteiger partial charge in [-0.25, -0.2) is 14.6 Å². The molecule has 3 rings (SSSR count). The molecule has 6 heteroatoms. The van der Waals surface area contributed by atoms with Crippen LogP contribution in [0.2, 0.25) is 0 Å². The van der Waals surface area contributed by atoms with E-state index in [-0.39, 0.29) is 0 Å². The van der Waals surface area contributed by atoms with Crippen molar-refractivity contribution >= 4 is 0 Å². The van der Waals surface area contributed by atoms with Gasteiger partial charge in [0.1, 0.15) is 18.5 Å². The molecule has 2 aromatic heterocycles. The summed E-state index contributed by atoms with van der Waals surface area (Å²) < 4.78 is 3.81. The smallest absolute Gasteiger partial charge is 0.138 e. The van der Waals surface area contributed by atoms with E-state index in [2.05, 4.69) is 62.8 Å². The molecule has 3 aromatic rings. The van der Waals surface area contributed by atoms with Gasteiger partial charge in [0.25, 0.3) is 0 Å². The van der Waals surface area contributed by atoms with Crippen molar-refractivity contribution in [3.8, 4) is 5.69 Å². The van der Waals surface area contributed by atoms with E-state index in [4.69, 9.17) is 0 Å². The maximum Gasteiger partial charge on any atom is 0.138 e. The zero-order valence-electron chi connectivity index (χ0n) is 13.1. The molecule has 1 unspecified atom stereocenters. The van der Waals surface area contributed by atoms with Crippen molar-refractivity contribution in [1.29, 1.82) is 0 Å². The highest BCUT2D eigenvalue weighted by atomic mass is 15.3. The van der Waals surface area contributed by atoms with Gasteiger partial charge in [-0.2, -0.15) is 5.10 Å². The highest BCUT2D eigenvalue weighted by Crippen LogP contribution is 2.21. The average molecular weight is 296 g/mol. The van der Waals surface area contributed by atoms with Crippen LogP contribution in [0.1, 0.15) is 24.4 Å². The summed E-state index contributed by atoms with van der Waals surface area (Å²) in [5.74, 6) is 1.06. The predicted octanol–water partition coefficient (Wildman–Crippen LogP) is 2.19. The molecule has 0 saturated carbocycles. The standard InChI is InChI=1S/C16H20N6/c1-13(21(3)10-16-18-8-9-20(16)2)14-4-6-15(7-5-14)22-12-17-11-19-22/h4-9,11-13H,10H2,1-3H3. The van der Waals surface area contributed by atoms with Gasteiger partial charge in [0, 0.05) is 25.5 Å². The molecule has 0 aliphatic heterocycles. The third-order valence-electron chi connectivity index (χ3n) is 4.03. The van der Waals surface area contributed by atoms with E-state index < -0.39 is 0 Å². The molecule has 114 valence electrons. The summed E-state index contributed by atoms with van der Waals surface area (Å²) in [4.78, 5) is 10.6. The van der Waals surface area contributed by atoms with Gasteiger partial charge in [-0.1, -0.05) is 12.1 Å². The van der Waals surface area contributed by atoms with Crippen LogP contribution in [0.25, 0.3) is 5.69 Å². The Hall–Kier alpha value is -2.47. The maximum absolute atomic E-state index is 4.38. The van der Waals surface area contributed by atoms with Crippen LogP contribution >= 0.6 is 0 Å². The zero-order chi connectivity index (χ0) is 15.5. The lowest BCUT2D eigenvalue weighted by molar-refractivity contribution is 0.244. The van der Waals surface area contributed by atoms with Gasteiger partial charge in [-0.05, 0) is 31.7 Å². The Balaban J connectivity index is 1.71. The summed E-state index contributed by atoms with van der Waals surface area (Å²) in [5.41, 5.74) is 2.28. The molecule has 0 radical (unpaired) electrons. The molecule has 22 heavy (non-hydrogen) atoms. The van der Waals surface area contributed by atoms with Gasteiger partial charge in [0.15, 0.2) is 0 Å². The van der Waals surface area contributed by atoms with Crippen LogP contribution in [0.5, 0.6) is 0 Å². The molecule has 6 nitrogen and oxygen atoms in total. The lowest BCUT2D eigenvalue weighted by Crippen LogP contribution is -2.23. The molecule has 1 atom stereocenters. The number of rotatable bonds is 5. The zero-order valence-corrected chi connectivity index (χ0v) is 13.1. The second kappa shape index (κ2) is 6.11. The first-order valence-electron chi connectivity index (χ1n) is 7.26. The van der Waals surface area contributed by atoms with Gasteiger partial charge in [-0.15, -0.1) is 0 Å². The molecule has 0 aliphatic carbocycles. The first-order valence-corrected chi connectivity index (χ1v) is 7.26. The number of aryl methyl sites for hydroxylation is 1. The molecule has 2 heterocycles. The molecular formula is C16H20N6. The molecule has 1 aromatic carbocycles. The minimum atomic E-state index is 0.307. The first-order chi connectivity index (χ1) is 10.6. The van der Waals surface area contributed by atoms with Gasteiger partial charge < -0.3 is 4.57 Å². The van der Waals surface area contributed by atoms with Crippen molar-refractivity contribution in [2.45, 2.75) is 19.5 Å². The molecule has 0 bridgehead atoms. The van der Waals surface area contributed by atoms with Crippen LogP contribution < -0.4 is 0 Å². The van der Waals surface area contributed by atoms with Crippen LogP contribution in [0.15, 0.2) is 49.3 Å². The Morgan fingerprint density at radius 1 is 1.23 bits per heavy atom. The lowest BCUT2D eigenvalue weighted by Gasteiger charge is -2.25. The Bertz CT molecular complexity index is 713. The number of hydrogen-bond donors (Lipinski definition) is 0. The van der Waals surface area contributed by atoms with Gasteiger partial charge in [0.05, 0.1) is 12.2 Å². The summed E-state index contributed by atoms with van der Waals surface area (Å²) >= 11 is 0. The van der Waals surface area contributed by atoms with Crippen molar-refractivity contribution in [3.63, 3.8) is 0 Å². The van der Waals surface area contributed by atoms with E-state index in [1.54, 1.807) is 11.0 Å². The summed E-state index contributed by atoms with van der Waals surface area (Å²) in [5, 5.41) is 4.14. The van der Waals surface area contributed by atoms with Crippen LogP contribution in [0.4, 0.5) is 0 Å². The molecule has 0 saturated heterocycles. The normalized spacial score (nSPS) is 12.7. The quantitative estimate of drug-likeness (QED) is 0.724. The summed E-state index contributed by atoms with van der Waals surface area (Å²) in [7, 11) is 4.14. The third kappa shape index (κ3) is 2.92. The van der Waals surface area contributed by atoms with Crippen molar-refractivity contribution in [3.05, 3.63) is 60.7 Å². The minimum Gasteiger partial charge on any atom is -0.337 e. The second-order valence-corrected chi connectivity index (χ2v) is 5.48. The number of imidazole rings is 1. The highest BCUT2D eigenvalue weighted by Gasteiger charge is 2.14. The first kappa shape index (κ1) is 14.5. The van der Waals surface area contributed by atoms with E-state index in [1.807, 2.05) is 19.4 Å². The highest BCUT2D eigenvalue weighted by molar-refractivity contribution is 5.34. The van der Waals surface area contributed by atoms with Crippen LogP contribution in [0, 0.1) is 0 Å². The van der Waals surface area contributed by atoms with Gasteiger partial charge in [0.2, 0.25) is 0 Å². The van der Waals surface area contributed by atoms with Crippen LogP contribution in [-0.4, -0.2) is 36.3 Å². The number of nitrogens with zero attached hydrogens (tertiary/aromatic N) is 6. The van der Waals surface area contributed by atoms with Gasteiger partial charge in [-0.3, -0.25) is 4.90 Å². The molecule has 0 aliphatic rings. The fraction of sp³-hybridized carbons (Fsp3) is 0.312. The van der Waals surface area contributed by atoms with Crippen molar-refractivity contribution in [2.75, 3.05) is 7.05 Å². The van der Waals surface area contributed by atoms with Crippen LogP contribution in [0.3, 0.4) is 0 Å². The summed E-state index contributed by atoms with van der Waals surface area (Å²) in [6.45, 7) is 3.02. The van der Waals surface area contributed by atoms with E-state index in [1.165, 1.54) is 11.9 Å². The Kier molecular flexibility index (Phi) is 4.02.